The van der Waals surface area contributed by atoms with Gasteiger partial charge in [0.25, 0.3) is 0 Å². The van der Waals surface area contributed by atoms with Gasteiger partial charge >= 0.3 is 7.12 Å². The Balaban J connectivity index is 1.74. The van der Waals surface area contributed by atoms with Gasteiger partial charge in [-0.2, -0.15) is 0 Å². The lowest BCUT2D eigenvalue weighted by molar-refractivity contribution is 0.00578. The molecule has 5 heteroatoms. The molecule has 0 N–H and O–H groups in total. The molecule has 0 unspecified atom stereocenters. The van der Waals surface area contributed by atoms with Crippen LogP contribution >= 0.6 is 0 Å². The lowest BCUT2D eigenvalue weighted by Gasteiger charge is -2.32. The van der Waals surface area contributed by atoms with Crippen molar-refractivity contribution in [3.8, 4) is 5.69 Å². The van der Waals surface area contributed by atoms with Crippen LogP contribution in [0.25, 0.3) is 5.69 Å². The summed E-state index contributed by atoms with van der Waals surface area (Å²) in [6.07, 6.45) is 8.16. The van der Waals surface area contributed by atoms with Gasteiger partial charge in [0.1, 0.15) is 0 Å². The minimum Gasteiger partial charge on any atom is -0.399 e. The summed E-state index contributed by atoms with van der Waals surface area (Å²) in [5.74, 6) is 0.680. The van der Waals surface area contributed by atoms with Crippen molar-refractivity contribution < 1.29 is 9.31 Å². The molecule has 0 atom stereocenters. The molecule has 1 aliphatic carbocycles. The van der Waals surface area contributed by atoms with E-state index in [1.807, 2.05) is 17.1 Å². The largest absolute Gasteiger partial charge is 0.494 e. The smallest absolute Gasteiger partial charge is 0.399 e. The van der Waals surface area contributed by atoms with Crippen LogP contribution in [0.4, 0.5) is 0 Å². The van der Waals surface area contributed by atoms with Crippen molar-refractivity contribution in [1.29, 1.82) is 0 Å². The molecule has 2 aromatic rings. The third kappa shape index (κ3) is 2.62. The fourth-order valence-electron chi connectivity index (χ4n) is 2.99. The van der Waals surface area contributed by atoms with E-state index in [0.717, 1.165) is 11.2 Å². The Kier molecular flexibility index (Phi) is 3.22. The Morgan fingerprint density at radius 2 is 1.78 bits per heavy atom. The number of rotatable bonds is 3. The van der Waals surface area contributed by atoms with Gasteiger partial charge in [-0.3, -0.25) is 0 Å². The highest BCUT2D eigenvalue weighted by Gasteiger charge is 2.51. The first-order chi connectivity index (χ1) is 10.9. The standard InChI is InChI=1S/C18H23BN2O2/c1-17(2)18(3,4)23-19(22-17)15-9-14(13-5-6-13)10-16(11-15)21-8-7-20-12-21/h7-13H,5-6H2,1-4H3. The summed E-state index contributed by atoms with van der Waals surface area (Å²) in [6, 6.07) is 6.66. The van der Waals surface area contributed by atoms with Gasteiger partial charge in [0.15, 0.2) is 0 Å². The first kappa shape index (κ1) is 15.0. The number of hydrogen-bond acceptors (Lipinski definition) is 3. The van der Waals surface area contributed by atoms with Crippen LogP contribution < -0.4 is 5.46 Å². The van der Waals surface area contributed by atoms with Crippen LogP contribution in [0, 0.1) is 0 Å². The predicted octanol–water partition coefficient (Wildman–Crippen LogP) is 3.05. The molecule has 4 nitrogen and oxygen atoms in total. The lowest BCUT2D eigenvalue weighted by atomic mass is 9.77. The molecule has 120 valence electrons. The fraction of sp³-hybridized carbons (Fsp3) is 0.500. The zero-order valence-electron chi connectivity index (χ0n) is 14.2. The lowest BCUT2D eigenvalue weighted by Crippen LogP contribution is -2.41. The van der Waals surface area contributed by atoms with Crippen LogP contribution in [0.3, 0.4) is 0 Å². The molecule has 1 saturated heterocycles. The molecule has 1 aliphatic heterocycles. The second-order valence-electron chi connectivity index (χ2n) is 7.69. The molecule has 1 aromatic heterocycles. The molecule has 0 amide bonds. The predicted molar refractivity (Wildman–Crippen MR) is 91.3 cm³/mol. The average molecular weight is 310 g/mol. The van der Waals surface area contributed by atoms with E-state index in [9.17, 15) is 0 Å². The van der Waals surface area contributed by atoms with Gasteiger partial charge in [0.2, 0.25) is 0 Å². The third-order valence-electron chi connectivity index (χ3n) is 5.34. The molecule has 1 aromatic carbocycles. The highest BCUT2D eigenvalue weighted by atomic mass is 16.7. The van der Waals surface area contributed by atoms with Crippen molar-refractivity contribution >= 4 is 12.6 Å². The summed E-state index contributed by atoms with van der Waals surface area (Å²) >= 11 is 0. The topological polar surface area (TPSA) is 36.3 Å². The van der Waals surface area contributed by atoms with E-state index < -0.39 is 0 Å². The van der Waals surface area contributed by atoms with Gasteiger partial charge in [-0.1, -0.05) is 6.07 Å². The van der Waals surface area contributed by atoms with Gasteiger partial charge in [0.05, 0.1) is 17.5 Å². The first-order valence-corrected chi connectivity index (χ1v) is 8.35. The minimum atomic E-state index is -0.319. The molecular formula is C18H23BN2O2. The van der Waals surface area contributed by atoms with Crippen molar-refractivity contribution in [3.63, 3.8) is 0 Å². The van der Waals surface area contributed by atoms with Crippen molar-refractivity contribution in [2.75, 3.05) is 0 Å². The maximum Gasteiger partial charge on any atom is 0.494 e. The Bertz CT molecular complexity index is 705. The number of nitrogens with zero attached hydrogens (tertiary/aromatic N) is 2. The number of benzene rings is 1. The zero-order valence-corrected chi connectivity index (χ0v) is 14.2. The van der Waals surface area contributed by atoms with Crippen LogP contribution in [-0.4, -0.2) is 27.9 Å². The van der Waals surface area contributed by atoms with Crippen molar-refractivity contribution in [2.24, 2.45) is 0 Å². The van der Waals surface area contributed by atoms with Gasteiger partial charge in [-0.25, -0.2) is 4.98 Å². The summed E-state index contributed by atoms with van der Waals surface area (Å²) in [5, 5.41) is 0. The Hall–Kier alpha value is -1.59. The molecule has 0 spiro atoms. The second-order valence-corrected chi connectivity index (χ2v) is 7.69. The number of hydrogen-bond donors (Lipinski definition) is 0. The second kappa shape index (κ2) is 4.95. The fourth-order valence-corrected chi connectivity index (χ4v) is 2.99. The van der Waals surface area contributed by atoms with Crippen LogP contribution in [0.15, 0.2) is 36.9 Å². The molecule has 1 saturated carbocycles. The maximum absolute atomic E-state index is 6.23. The van der Waals surface area contributed by atoms with E-state index in [1.54, 1.807) is 6.20 Å². The van der Waals surface area contributed by atoms with Crippen LogP contribution in [0.5, 0.6) is 0 Å². The van der Waals surface area contributed by atoms with Gasteiger partial charge in [-0.05, 0) is 69.6 Å². The molecule has 4 rings (SSSR count). The Labute approximate surface area is 138 Å². The van der Waals surface area contributed by atoms with Gasteiger partial charge in [0, 0.05) is 18.1 Å². The van der Waals surface area contributed by atoms with Crippen molar-refractivity contribution in [3.05, 3.63) is 42.5 Å². The average Bonchev–Trinajstić information content (AvgIpc) is 3.14. The van der Waals surface area contributed by atoms with E-state index in [1.165, 1.54) is 18.4 Å². The normalized spacial score (nSPS) is 22.5. The van der Waals surface area contributed by atoms with E-state index in [4.69, 9.17) is 9.31 Å². The quantitative estimate of drug-likeness (QED) is 0.818. The first-order valence-electron chi connectivity index (χ1n) is 8.35. The Morgan fingerprint density at radius 1 is 1.09 bits per heavy atom. The van der Waals surface area contributed by atoms with Crippen molar-refractivity contribution in [2.45, 2.75) is 57.7 Å². The highest BCUT2D eigenvalue weighted by Crippen LogP contribution is 2.41. The highest BCUT2D eigenvalue weighted by molar-refractivity contribution is 6.62. The van der Waals surface area contributed by atoms with Crippen LogP contribution in [0.1, 0.15) is 52.0 Å². The van der Waals surface area contributed by atoms with Gasteiger partial charge < -0.3 is 13.9 Å². The molecule has 2 aliphatic rings. The van der Waals surface area contributed by atoms with E-state index in [2.05, 4.69) is 50.9 Å². The zero-order chi connectivity index (χ0) is 16.2. The molecule has 23 heavy (non-hydrogen) atoms. The third-order valence-corrected chi connectivity index (χ3v) is 5.34. The summed E-state index contributed by atoms with van der Waals surface area (Å²) in [6.45, 7) is 8.37. The Morgan fingerprint density at radius 3 is 2.35 bits per heavy atom. The van der Waals surface area contributed by atoms with E-state index in [-0.39, 0.29) is 18.3 Å². The van der Waals surface area contributed by atoms with Crippen LogP contribution in [-0.2, 0) is 9.31 Å². The SMILES string of the molecule is CC1(C)OB(c2cc(C3CC3)cc(-n3ccnc3)c2)OC1(C)C. The maximum atomic E-state index is 6.23. The summed E-state index contributed by atoms with van der Waals surface area (Å²) < 4.78 is 14.5. The summed E-state index contributed by atoms with van der Waals surface area (Å²) in [7, 11) is -0.319. The van der Waals surface area contributed by atoms with Crippen molar-refractivity contribution in [1.82, 2.24) is 9.55 Å². The molecular weight excluding hydrogens is 287 g/mol. The molecule has 0 radical (unpaired) electrons. The van der Waals surface area contributed by atoms with Crippen LogP contribution in [0.2, 0.25) is 0 Å². The molecule has 2 fully saturated rings. The van der Waals surface area contributed by atoms with Gasteiger partial charge in [-0.15, -0.1) is 0 Å². The monoisotopic (exact) mass is 310 g/mol. The number of imidazole rings is 1. The number of aromatic nitrogens is 2. The minimum absolute atomic E-state index is 0.317. The van der Waals surface area contributed by atoms with E-state index >= 15 is 0 Å². The molecule has 2 heterocycles. The van der Waals surface area contributed by atoms with E-state index in [0.29, 0.717) is 5.92 Å². The summed E-state index contributed by atoms with van der Waals surface area (Å²) in [4.78, 5) is 4.16. The summed E-state index contributed by atoms with van der Waals surface area (Å²) in [5.41, 5.74) is 2.96. The molecule has 0 bridgehead atoms.